The van der Waals surface area contributed by atoms with Crippen molar-refractivity contribution in [3.05, 3.63) is 41.7 Å². The average Bonchev–Trinajstić information content (AvgIpc) is 2.53. The Bertz CT molecular complexity index is 627. The average molecular weight is 348 g/mol. The topological polar surface area (TPSA) is 58.6 Å². The van der Waals surface area contributed by atoms with Crippen molar-refractivity contribution in [3.63, 3.8) is 0 Å². The van der Waals surface area contributed by atoms with Gasteiger partial charge in [-0.3, -0.25) is 4.79 Å². The third kappa shape index (κ3) is 6.57. The van der Waals surface area contributed by atoms with Crippen molar-refractivity contribution in [2.75, 3.05) is 13.1 Å². The van der Waals surface area contributed by atoms with Gasteiger partial charge in [-0.25, -0.2) is 9.18 Å². The van der Waals surface area contributed by atoms with E-state index in [0.29, 0.717) is 25.9 Å². The van der Waals surface area contributed by atoms with Crippen LogP contribution in [0.15, 0.2) is 30.3 Å². The van der Waals surface area contributed by atoms with Gasteiger partial charge in [-0.15, -0.1) is 0 Å². The molecule has 1 fully saturated rings. The van der Waals surface area contributed by atoms with E-state index in [1.807, 2.05) is 20.8 Å². The third-order valence-corrected chi connectivity index (χ3v) is 3.79. The lowest BCUT2D eigenvalue weighted by atomic mass is 10.1. The molecule has 1 N–H and O–H groups in total. The summed E-state index contributed by atoms with van der Waals surface area (Å²) in [7, 11) is 0. The van der Waals surface area contributed by atoms with E-state index in [4.69, 9.17) is 4.74 Å². The van der Waals surface area contributed by atoms with Gasteiger partial charge in [0.15, 0.2) is 0 Å². The highest BCUT2D eigenvalue weighted by Crippen LogP contribution is 2.15. The highest BCUT2D eigenvalue weighted by molar-refractivity contribution is 5.91. The van der Waals surface area contributed by atoms with Crippen molar-refractivity contribution in [2.45, 2.75) is 45.3 Å². The fourth-order valence-electron chi connectivity index (χ4n) is 2.53. The van der Waals surface area contributed by atoms with Crippen LogP contribution in [0, 0.1) is 5.82 Å². The van der Waals surface area contributed by atoms with Crippen LogP contribution in [0.5, 0.6) is 0 Å². The second-order valence-corrected chi connectivity index (χ2v) is 7.14. The van der Waals surface area contributed by atoms with Crippen molar-refractivity contribution >= 4 is 18.1 Å². The van der Waals surface area contributed by atoms with Crippen LogP contribution in [0.4, 0.5) is 9.18 Å². The number of halogens is 1. The van der Waals surface area contributed by atoms with Gasteiger partial charge in [0.1, 0.15) is 11.4 Å². The van der Waals surface area contributed by atoms with Crippen molar-refractivity contribution in [1.29, 1.82) is 0 Å². The minimum Gasteiger partial charge on any atom is -0.444 e. The normalized spacial score (nSPS) is 16.1. The molecule has 136 valence electrons. The smallest absolute Gasteiger partial charge is 0.410 e. The molecule has 0 saturated carbocycles. The molecule has 2 rings (SSSR count). The van der Waals surface area contributed by atoms with Crippen molar-refractivity contribution < 1.29 is 18.7 Å². The number of carbonyl (C=O) groups is 2. The molecule has 1 aromatic rings. The summed E-state index contributed by atoms with van der Waals surface area (Å²) in [6.07, 6.45) is 4.15. The summed E-state index contributed by atoms with van der Waals surface area (Å²) >= 11 is 0. The second kappa shape index (κ2) is 8.14. The maximum absolute atomic E-state index is 12.8. The predicted octanol–water partition coefficient (Wildman–Crippen LogP) is 3.35. The fraction of sp³-hybridized carbons (Fsp3) is 0.474. The maximum Gasteiger partial charge on any atom is 0.410 e. The third-order valence-electron chi connectivity index (χ3n) is 3.79. The largest absolute Gasteiger partial charge is 0.444 e. The van der Waals surface area contributed by atoms with Gasteiger partial charge in [-0.05, 0) is 57.4 Å². The molecular weight excluding hydrogens is 323 g/mol. The molecule has 1 heterocycles. The number of amides is 2. The summed E-state index contributed by atoms with van der Waals surface area (Å²) in [5.41, 5.74) is 0.254. The number of rotatable bonds is 3. The standard InChI is InChI=1S/C19H25FN2O3/c1-19(2,3)25-18(24)22-12-10-16(11-13-22)21-17(23)9-6-14-4-7-15(20)8-5-14/h4-9,16H,10-13H2,1-3H3,(H,21,23)/b9-6+. The van der Waals surface area contributed by atoms with E-state index in [0.717, 1.165) is 5.56 Å². The van der Waals surface area contributed by atoms with Gasteiger partial charge >= 0.3 is 6.09 Å². The Labute approximate surface area is 147 Å². The molecule has 0 aliphatic carbocycles. The van der Waals surface area contributed by atoms with Crippen LogP contribution >= 0.6 is 0 Å². The molecule has 5 nitrogen and oxygen atoms in total. The van der Waals surface area contributed by atoms with E-state index >= 15 is 0 Å². The number of piperidine rings is 1. The molecule has 0 radical (unpaired) electrons. The molecule has 2 amide bonds. The van der Waals surface area contributed by atoms with Gasteiger partial charge in [0, 0.05) is 25.2 Å². The summed E-state index contributed by atoms with van der Waals surface area (Å²) in [6, 6.07) is 5.95. The van der Waals surface area contributed by atoms with Crippen LogP contribution in [-0.2, 0) is 9.53 Å². The molecule has 25 heavy (non-hydrogen) atoms. The lowest BCUT2D eigenvalue weighted by Crippen LogP contribution is -2.47. The van der Waals surface area contributed by atoms with Crippen LogP contribution in [0.1, 0.15) is 39.2 Å². The molecule has 0 unspecified atom stereocenters. The predicted molar refractivity (Wildman–Crippen MR) is 94.4 cm³/mol. The van der Waals surface area contributed by atoms with E-state index in [9.17, 15) is 14.0 Å². The molecule has 1 saturated heterocycles. The number of nitrogens with one attached hydrogen (secondary N) is 1. The summed E-state index contributed by atoms with van der Waals surface area (Å²) in [6.45, 7) is 6.63. The van der Waals surface area contributed by atoms with Crippen molar-refractivity contribution in [2.24, 2.45) is 0 Å². The molecule has 0 spiro atoms. The monoisotopic (exact) mass is 348 g/mol. The highest BCUT2D eigenvalue weighted by Gasteiger charge is 2.27. The number of carbonyl (C=O) groups excluding carboxylic acids is 2. The Morgan fingerprint density at radius 3 is 2.36 bits per heavy atom. The Hall–Kier alpha value is -2.37. The lowest BCUT2D eigenvalue weighted by molar-refractivity contribution is -0.117. The number of nitrogens with zero attached hydrogens (tertiary/aromatic N) is 1. The maximum atomic E-state index is 12.8. The van der Waals surface area contributed by atoms with Crippen LogP contribution in [0.25, 0.3) is 6.08 Å². The number of hydrogen-bond acceptors (Lipinski definition) is 3. The zero-order valence-electron chi connectivity index (χ0n) is 14.9. The number of likely N-dealkylation sites (tertiary alicyclic amines) is 1. The van der Waals surface area contributed by atoms with E-state index in [-0.39, 0.29) is 23.9 Å². The van der Waals surface area contributed by atoms with Crippen LogP contribution in [-0.4, -0.2) is 41.6 Å². The molecule has 1 aromatic carbocycles. The van der Waals surface area contributed by atoms with Crippen molar-refractivity contribution in [3.8, 4) is 0 Å². The van der Waals surface area contributed by atoms with Gasteiger partial charge < -0.3 is 15.0 Å². The molecule has 6 heteroatoms. The second-order valence-electron chi connectivity index (χ2n) is 7.14. The first-order chi connectivity index (χ1) is 11.7. The Morgan fingerprint density at radius 2 is 1.80 bits per heavy atom. The van der Waals surface area contributed by atoms with Gasteiger partial charge in [0.25, 0.3) is 0 Å². The SMILES string of the molecule is CC(C)(C)OC(=O)N1CCC(NC(=O)/C=C/c2ccc(F)cc2)CC1. The minimum atomic E-state index is -0.507. The lowest BCUT2D eigenvalue weighted by Gasteiger charge is -2.33. The quantitative estimate of drug-likeness (QED) is 0.852. The first-order valence-corrected chi connectivity index (χ1v) is 8.45. The molecular formula is C19H25FN2O3. The number of hydrogen-bond donors (Lipinski definition) is 1. The van der Waals surface area contributed by atoms with Crippen LogP contribution in [0.3, 0.4) is 0 Å². The number of benzene rings is 1. The molecule has 0 bridgehead atoms. The van der Waals surface area contributed by atoms with Crippen LogP contribution < -0.4 is 5.32 Å². The molecule has 0 aromatic heterocycles. The molecule has 1 aliphatic rings. The summed E-state index contributed by atoms with van der Waals surface area (Å²) in [4.78, 5) is 25.7. The number of ether oxygens (including phenoxy) is 1. The molecule has 1 aliphatic heterocycles. The summed E-state index contributed by atoms with van der Waals surface area (Å²) in [5, 5.41) is 2.93. The van der Waals surface area contributed by atoms with E-state index in [1.165, 1.54) is 18.2 Å². The Balaban J connectivity index is 1.76. The minimum absolute atomic E-state index is 0.0315. The van der Waals surface area contributed by atoms with Crippen molar-refractivity contribution in [1.82, 2.24) is 10.2 Å². The van der Waals surface area contributed by atoms with Gasteiger partial charge in [-0.1, -0.05) is 12.1 Å². The molecule has 0 atom stereocenters. The Morgan fingerprint density at radius 1 is 1.20 bits per heavy atom. The summed E-state index contributed by atoms with van der Waals surface area (Å²) < 4.78 is 18.2. The van der Waals surface area contributed by atoms with E-state index < -0.39 is 5.60 Å². The summed E-state index contributed by atoms with van der Waals surface area (Å²) in [5.74, 6) is -0.501. The van der Waals surface area contributed by atoms with Gasteiger partial charge in [-0.2, -0.15) is 0 Å². The fourth-order valence-corrected chi connectivity index (χ4v) is 2.53. The Kier molecular flexibility index (Phi) is 6.17. The first kappa shape index (κ1) is 19.0. The zero-order valence-corrected chi connectivity index (χ0v) is 14.9. The van der Waals surface area contributed by atoms with Crippen LogP contribution in [0.2, 0.25) is 0 Å². The first-order valence-electron chi connectivity index (χ1n) is 8.45. The highest BCUT2D eigenvalue weighted by atomic mass is 19.1. The van der Waals surface area contributed by atoms with E-state index in [1.54, 1.807) is 23.1 Å². The van der Waals surface area contributed by atoms with E-state index in [2.05, 4.69) is 5.32 Å². The van der Waals surface area contributed by atoms with Gasteiger partial charge in [0.2, 0.25) is 5.91 Å². The zero-order chi connectivity index (χ0) is 18.4. The van der Waals surface area contributed by atoms with Gasteiger partial charge in [0.05, 0.1) is 0 Å².